The molecular weight excluding hydrogens is 284 g/mol. The van der Waals surface area contributed by atoms with Gasteiger partial charge in [-0.15, -0.1) is 0 Å². The minimum Gasteiger partial charge on any atom is -0.314 e. The molecule has 2 aromatic carbocycles. The summed E-state index contributed by atoms with van der Waals surface area (Å²) >= 11 is 0. The summed E-state index contributed by atoms with van der Waals surface area (Å²) in [5.74, 6) is 0.238. The highest BCUT2D eigenvalue weighted by atomic mass is 16.1. The Balaban J connectivity index is 1.70. The van der Waals surface area contributed by atoms with Gasteiger partial charge in [-0.2, -0.15) is 0 Å². The zero-order valence-electron chi connectivity index (χ0n) is 13.4. The number of hydrogen-bond acceptors (Lipinski definition) is 3. The van der Waals surface area contributed by atoms with Crippen molar-refractivity contribution in [2.45, 2.75) is 18.9 Å². The largest absolute Gasteiger partial charge is 0.314 e. The van der Waals surface area contributed by atoms with Crippen molar-refractivity contribution in [1.29, 1.82) is 0 Å². The molecule has 0 radical (unpaired) electrons. The summed E-state index contributed by atoms with van der Waals surface area (Å²) in [4.78, 5) is 14.9. The molecule has 0 amide bonds. The van der Waals surface area contributed by atoms with Crippen LogP contribution in [-0.4, -0.2) is 36.9 Å². The van der Waals surface area contributed by atoms with Gasteiger partial charge >= 0.3 is 0 Å². The third-order valence-electron chi connectivity index (χ3n) is 4.52. The van der Waals surface area contributed by atoms with Gasteiger partial charge in [0, 0.05) is 44.2 Å². The van der Waals surface area contributed by atoms with Gasteiger partial charge in [0.15, 0.2) is 5.78 Å². The number of ketones is 1. The number of nitrogens with zero attached hydrogens (tertiary/aromatic N) is 1. The number of carbonyl (C=O) groups is 1. The minimum atomic E-state index is 0.238. The Morgan fingerprint density at radius 1 is 0.957 bits per heavy atom. The predicted octanol–water partition coefficient (Wildman–Crippen LogP) is 3.30. The fourth-order valence-corrected chi connectivity index (χ4v) is 3.27. The van der Waals surface area contributed by atoms with Crippen molar-refractivity contribution >= 4 is 5.78 Å². The van der Waals surface area contributed by atoms with Crippen LogP contribution in [-0.2, 0) is 0 Å². The highest BCUT2D eigenvalue weighted by Gasteiger charge is 2.22. The maximum Gasteiger partial charge on any atom is 0.162 e. The van der Waals surface area contributed by atoms with Crippen LogP contribution in [0, 0.1) is 0 Å². The van der Waals surface area contributed by atoms with Crippen LogP contribution < -0.4 is 5.32 Å². The molecule has 120 valence electrons. The maximum absolute atomic E-state index is 12.4. The first kappa shape index (κ1) is 15.9. The Hall–Kier alpha value is -1.97. The van der Waals surface area contributed by atoms with Gasteiger partial charge in [0.25, 0.3) is 0 Å². The lowest BCUT2D eigenvalue weighted by Gasteiger charge is -2.35. The van der Waals surface area contributed by atoms with E-state index in [4.69, 9.17) is 0 Å². The van der Waals surface area contributed by atoms with Crippen LogP contribution in [0.2, 0.25) is 0 Å². The Morgan fingerprint density at radius 2 is 1.57 bits per heavy atom. The molecule has 3 heteroatoms. The number of benzene rings is 2. The molecule has 3 nitrogen and oxygen atoms in total. The third kappa shape index (κ3) is 4.27. The molecule has 2 aromatic rings. The van der Waals surface area contributed by atoms with Crippen molar-refractivity contribution in [3.63, 3.8) is 0 Å². The molecule has 1 N–H and O–H groups in total. The molecule has 0 aromatic heterocycles. The van der Waals surface area contributed by atoms with Gasteiger partial charge in [0.2, 0.25) is 0 Å². The fourth-order valence-electron chi connectivity index (χ4n) is 3.27. The normalized spacial score (nSPS) is 16.9. The second kappa shape index (κ2) is 8.04. The number of rotatable bonds is 6. The number of carbonyl (C=O) groups excluding carboxylic acids is 1. The van der Waals surface area contributed by atoms with Gasteiger partial charge in [0.05, 0.1) is 0 Å². The summed E-state index contributed by atoms with van der Waals surface area (Å²) in [5, 5.41) is 3.40. The summed E-state index contributed by atoms with van der Waals surface area (Å²) in [5.41, 5.74) is 2.13. The lowest BCUT2D eigenvalue weighted by molar-refractivity contribution is 0.0953. The quantitative estimate of drug-likeness (QED) is 0.831. The van der Waals surface area contributed by atoms with Gasteiger partial charge in [-0.3, -0.25) is 9.69 Å². The van der Waals surface area contributed by atoms with E-state index in [1.165, 1.54) is 5.56 Å². The lowest BCUT2D eigenvalue weighted by Crippen LogP contribution is -2.45. The molecular formula is C20H24N2O. The van der Waals surface area contributed by atoms with Crippen LogP contribution in [0.3, 0.4) is 0 Å². The summed E-state index contributed by atoms with van der Waals surface area (Å²) in [6, 6.07) is 20.5. The summed E-state index contributed by atoms with van der Waals surface area (Å²) in [6.45, 7) is 4.13. The first-order valence-electron chi connectivity index (χ1n) is 8.42. The van der Waals surface area contributed by atoms with Crippen molar-refractivity contribution in [3.8, 4) is 0 Å². The highest BCUT2D eigenvalue weighted by Crippen LogP contribution is 2.26. The fraction of sp³-hybridized carbons (Fsp3) is 0.350. The van der Waals surface area contributed by atoms with Gasteiger partial charge in [-0.1, -0.05) is 60.7 Å². The Labute approximate surface area is 138 Å². The molecule has 0 aliphatic carbocycles. The second-order valence-electron chi connectivity index (χ2n) is 6.04. The smallest absolute Gasteiger partial charge is 0.162 e. The molecule has 1 heterocycles. The van der Waals surface area contributed by atoms with Crippen LogP contribution in [0.1, 0.15) is 34.8 Å². The number of Topliss-reactive ketones (excluding diaryl/α,β-unsaturated/α-hetero) is 1. The molecule has 3 rings (SSSR count). The SMILES string of the molecule is O=C(CCC(c1ccccc1)N1CCNCC1)c1ccccc1. The molecule has 1 unspecified atom stereocenters. The zero-order chi connectivity index (χ0) is 15.9. The van der Waals surface area contributed by atoms with Crippen molar-refractivity contribution in [1.82, 2.24) is 10.2 Å². The van der Waals surface area contributed by atoms with Gasteiger partial charge in [-0.25, -0.2) is 0 Å². The van der Waals surface area contributed by atoms with E-state index >= 15 is 0 Å². The van der Waals surface area contributed by atoms with E-state index in [-0.39, 0.29) is 5.78 Å². The monoisotopic (exact) mass is 308 g/mol. The minimum absolute atomic E-state index is 0.238. The average Bonchev–Trinajstić information content (AvgIpc) is 2.64. The van der Waals surface area contributed by atoms with Gasteiger partial charge in [-0.05, 0) is 12.0 Å². The van der Waals surface area contributed by atoms with E-state index in [1.807, 2.05) is 36.4 Å². The van der Waals surface area contributed by atoms with E-state index in [0.29, 0.717) is 12.5 Å². The van der Waals surface area contributed by atoms with Gasteiger partial charge in [0.1, 0.15) is 0 Å². The summed E-state index contributed by atoms with van der Waals surface area (Å²) in [7, 11) is 0. The number of piperazine rings is 1. The Bertz CT molecular complexity index is 606. The van der Waals surface area contributed by atoms with Crippen molar-refractivity contribution in [2.75, 3.05) is 26.2 Å². The Morgan fingerprint density at radius 3 is 2.22 bits per heavy atom. The van der Waals surface area contributed by atoms with E-state index in [9.17, 15) is 4.79 Å². The standard InChI is InChI=1S/C20H24N2O/c23-20(18-9-5-2-6-10-18)12-11-19(17-7-3-1-4-8-17)22-15-13-21-14-16-22/h1-10,19,21H,11-16H2. The second-order valence-corrected chi connectivity index (χ2v) is 6.04. The summed E-state index contributed by atoms with van der Waals surface area (Å²) in [6.07, 6.45) is 1.46. The first-order chi connectivity index (χ1) is 11.3. The van der Waals surface area contributed by atoms with Crippen molar-refractivity contribution < 1.29 is 4.79 Å². The molecule has 1 saturated heterocycles. The zero-order valence-corrected chi connectivity index (χ0v) is 13.4. The van der Waals surface area contributed by atoms with E-state index < -0.39 is 0 Å². The van der Waals surface area contributed by atoms with E-state index in [2.05, 4.69) is 34.5 Å². The molecule has 0 bridgehead atoms. The average molecular weight is 308 g/mol. The lowest BCUT2D eigenvalue weighted by atomic mass is 9.96. The molecule has 1 fully saturated rings. The van der Waals surface area contributed by atoms with Gasteiger partial charge < -0.3 is 5.32 Å². The molecule has 1 aliphatic heterocycles. The number of nitrogens with one attached hydrogen (secondary N) is 1. The Kier molecular flexibility index (Phi) is 5.56. The highest BCUT2D eigenvalue weighted by molar-refractivity contribution is 5.95. The molecule has 0 spiro atoms. The molecule has 1 aliphatic rings. The topological polar surface area (TPSA) is 32.3 Å². The van der Waals surface area contributed by atoms with Crippen LogP contribution in [0.4, 0.5) is 0 Å². The maximum atomic E-state index is 12.4. The molecule has 1 atom stereocenters. The third-order valence-corrected chi connectivity index (χ3v) is 4.52. The van der Waals surface area contributed by atoms with Crippen LogP contribution >= 0.6 is 0 Å². The van der Waals surface area contributed by atoms with E-state index in [1.54, 1.807) is 0 Å². The summed E-state index contributed by atoms with van der Waals surface area (Å²) < 4.78 is 0. The van der Waals surface area contributed by atoms with Crippen LogP contribution in [0.25, 0.3) is 0 Å². The van der Waals surface area contributed by atoms with Crippen LogP contribution in [0.5, 0.6) is 0 Å². The number of hydrogen-bond donors (Lipinski definition) is 1. The van der Waals surface area contributed by atoms with Crippen molar-refractivity contribution in [3.05, 3.63) is 71.8 Å². The van der Waals surface area contributed by atoms with Crippen molar-refractivity contribution in [2.24, 2.45) is 0 Å². The molecule has 23 heavy (non-hydrogen) atoms. The predicted molar refractivity (Wildman–Crippen MR) is 93.6 cm³/mol. The first-order valence-corrected chi connectivity index (χ1v) is 8.42. The van der Waals surface area contributed by atoms with Crippen LogP contribution in [0.15, 0.2) is 60.7 Å². The molecule has 0 saturated carbocycles. The van der Waals surface area contributed by atoms with E-state index in [0.717, 1.165) is 38.2 Å².